The van der Waals surface area contributed by atoms with Crippen molar-refractivity contribution in [3.05, 3.63) is 66.0 Å². The number of nitrogens with one attached hydrogen (secondary N) is 2. The fraction of sp³-hybridized carbons (Fsp3) is 0.185. The number of amides is 1. The molecule has 0 saturated carbocycles. The van der Waals surface area contributed by atoms with Gasteiger partial charge < -0.3 is 19.8 Å². The molecule has 3 aromatic heterocycles. The van der Waals surface area contributed by atoms with Gasteiger partial charge in [0.05, 0.1) is 16.6 Å². The Kier molecular flexibility index (Phi) is 4.37. The molecule has 0 radical (unpaired) electrons. The molecule has 2 aromatic carbocycles. The molecule has 2 N–H and O–H groups in total. The zero-order chi connectivity index (χ0) is 23.5. The molecule has 1 saturated heterocycles. The maximum atomic E-state index is 12.9. The van der Waals surface area contributed by atoms with Gasteiger partial charge in [-0.25, -0.2) is 15.0 Å². The number of nitrogens with zero attached hydrogens (tertiary/aromatic N) is 5. The highest BCUT2D eigenvalue weighted by molar-refractivity contribution is 6.20. The van der Waals surface area contributed by atoms with Gasteiger partial charge in [-0.3, -0.25) is 4.79 Å². The van der Waals surface area contributed by atoms with Crippen molar-refractivity contribution in [3.8, 4) is 22.5 Å². The summed E-state index contributed by atoms with van der Waals surface area (Å²) in [7, 11) is 2.16. The highest BCUT2D eigenvalue weighted by atomic mass is 16.1. The predicted molar refractivity (Wildman–Crippen MR) is 138 cm³/mol. The van der Waals surface area contributed by atoms with Gasteiger partial charge in [-0.05, 0) is 54.6 Å². The number of aromatic amines is 2. The second kappa shape index (κ2) is 7.61. The number of rotatable bonds is 3. The smallest absolute Gasteiger partial charge is 0.278 e. The number of piperazine rings is 1. The summed E-state index contributed by atoms with van der Waals surface area (Å²) < 4.78 is 0. The number of imidazole rings is 1. The van der Waals surface area contributed by atoms with Crippen LogP contribution in [0.4, 0.5) is 5.69 Å². The summed E-state index contributed by atoms with van der Waals surface area (Å²) in [5.41, 5.74) is 7.99. The van der Waals surface area contributed by atoms with E-state index < -0.39 is 0 Å². The Morgan fingerprint density at radius 3 is 2.69 bits per heavy atom. The summed E-state index contributed by atoms with van der Waals surface area (Å²) in [4.78, 5) is 37.6. The Morgan fingerprint density at radius 1 is 0.943 bits per heavy atom. The first-order valence-electron chi connectivity index (χ1n) is 11.8. The van der Waals surface area contributed by atoms with E-state index in [1.807, 2.05) is 30.5 Å². The van der Waals surface area contributed by atoms with Crippen LogP contribution in [0.3, 0.4) is 0 Å². The third kappa shape index (κ3) is 3.18. The minimum atomic E-state index is -0.241. The normalized spacial score (nSPS) is 16.0. The van der Waals surface area contributed by atoms with Gasteiger partial charge in [0.2, 0.25) is 0 Å². The summed E-state index contributed by atoms with van der Waals surface area (Å²) in [6.45, 7) is 4.12. The molecule has 0 aliphatic carbocycles. The molecule has 1 fully saturated rings. The Labute approximate surface area is 201 Å². The molecule has 172 valence electrons. The van der Waals surface area contributed by atoms with Crippen molar-refractivity contribution in [3.63, 3.8) is 0 Å². The zero-order valence-corrected chi connectivity index (χ0v) is 19.2. The summed E-state index contributed by atoms with van der Waals surface area (Å²) in [6, 6.07) is 14.3. The molecule has 0 unspecified atom stereocenters. The summed E-state index contributed by atoms with van der Waals surface area (Å²) in [6.07, 6.45) is 5.32. The molecule has 8 heteroatoms. The number of anilines is 1. The van der Waals surface area contributed by atoms with E-state index in [1.54, 1.807) is 12.4 Å². The number of aromatic nitrogens is 4. The number of hydrogen-bond acceptors (Lipinski definition) is 5. The zero-order valence-electron chi connectivity index (χ0n) is 19.2. The maximum Gasteiger partial charge on any atom is 0.278 e. The van der Waals surface area contributed by atoms with Gasteiger partial charge in [0, 0.05) is 67.0 Å². The fourth-order valence-electron chi connectivity index (χ4n) is 5.19. The van der Waals surface area contributed by atoms with Gasteiger partial charge in [0.1, 0.15) is 11.5 Å². The number of H-pyrrole nitrogens is 2. The van der Waals surface area contributed by atoms with Gasteiger partial charge in [-0.15, -0.1) is 0 Å². The number of carbonyl (C=O) groups excluding carboxylic acids is 1. The molecule has 1 amide bonds. The SMILES string of the molecule is CN1CCN(c2ccc3nc(-c4ccc(-c5ccnc6[nH]ccc56)c5c4C(=O)N=C5)[nH]c3c2)CC1. The van der Waals surface area contributed by atoms with Crippen LogP contribution in [-0.2, 0) is 0 Å². The van der Waals surface area contributed by atoms with E-state index in [0.29, 0.717) is 11.4 Å². The number of pyridine rings is 1. The van der Waals surface area contributed by atoms with Crippen molar-refractivity contribution >= 4 is 39.9 Å². The van der Waals surface area contributed by atoms with Crippen LogP contribution in [-0.4, -0.2) is 70.2 Å². The Hall–Kier alpha value is -4.30. The average molecular weight is 462 g/mol. The third-order valence-corrected chi connectivity index (χ3v) is 7.11. The lowest BCUT2D eigenvalue weighted by Crippen LogP contribution is -2.44. The summed E-state index contributed by atoms with van der Waals surface area (Å²) in [5.74, 6) is 0.438. The second-order valence-corrected chi connectivity index (χ2v) is 9.19. The molecule has 35 heavy (non-hydrogen) atoms. The van der Waals surface area contributed by atoms with E-state index in [0.717, 1.165) is 70.5 Å². The van der Waals surface area contributed by atoms with Gasteiger partial charge in [0.25, 0.3) is 5.91 Å². The third-order valence-electron chi connectivity index (χ3n) is 7.11. The molecular formula is C27H23N7O. The van der Waals surface area contributed by atoms with E-state index in [1.165, 1.54) is 5.69 Å². The molecule has 0 spiro atoms. The molecule has 5 aromatic rings. The molecule has 5 heterocycles. The average Bonchev–Trinajstić information content (AvgIpc) is 3.62. The molecule has 7 rings (SSSR count). The van der Waals surface area contributed by atoms with Crippen molar-refractivity contribution < 1.29 is 4.79 Å². The van der Waals surface area contributed by atoms with E-state index in [-0.39, 0.29) is 5.91 Å². The van der Waals surface area contributed by atoms with Crippen LogP contribution in [0.2, 0.25) is 0 Å². The monoisotopic (exact) mass is 461 g/mol. The first-order chi connectivity index (χ1) is 17.2. The molecule has 2 aliphatic rings. The quantitative estimate of drug-likeness (QED) is 0.422. The Morgan fingerprint density at radius 2 is 1.80 bits per heavy atom. The van der Waals surface area contributed by atoms with E-state index in [4.69, 9.17) is 4.98 Å². The number of fused-ring (bicyclic) bond motifs is 3. The lowest BCUT2D eigenvalue weighted by Gasteiger charge is -2.34. The largest absolute Gasteiger partial charge is 0.369 e. The van der Waals surface area contributed by atoms with Crippen LogP contribution in [0, 0.1) is 0 Å². The number of benzene rings is 2. The fourth-order valence-corrected chi connectivity index (χ4v) is 5.19. The predicted octanol–water partition coefficient (Wildman–Crippen LogP) is 4.10. The highest BCUT2D eigenvalue weighted by Crippen LogP contribution is 2.37. The minimum absolute atomic E-state index is 0.241. The first-order valence-corrected chi connectivity index (χ1v) is 11.8. The number of likely N-dealkylation sites (N-methyl/N-ethyl adjacent to an activating group) is 1. The van der Waals surface area contributed by atoms with Gasteiger partial charge in [-0.1, -0.05) is 6.07 Å². The lowest BCUT2D eigenvalue weighted by atomic mass is 9.92. The van der Waals surface area contributed by atoms with Crippen molar-refractivity contribution in [2.75, 3.05) is 38.1 Å². The first kappa shape index (κ1) is 20.1. The van der Waals surface area contributed by atoms with E-state index in [2.05, 4.69) is 55.0 Å². The van der Waals surface area contributed by atoms with Crippen molar-refractivity contribution in [1.82, 2.24) is 24.8 Å². The van der Waals surface area contributed by atoms with Gasteiger partial charge >= 0.3 is 0 Å². The van der Waals surface area contributed by atoms with Gasteiger partial charge in [-0.2, -0.15) is 0 Å². The maximum absolute atomic E-state index is 12.9. The van der Waals surface area contributed by atoms with Gasteiger partial charge in [0.15, 0.2) is 0 Å². The molecular weight excluding hydrogens is 438 g/mol. The molecule has 8 nitrogen and oxygen atoms in total. The lowest BCUT2D eigenvalue weighted by molar-refractivity contribution is 0.101. The minimum Gasteiger partial charge on any atom is -0.369 e. The Bertz CT molecular complexity index is 1650. The summed E-state index contributed by atoms with van der Waals surface area (Å²) >= 11 is 0. The standard InChI is InChI=1S/C27H23N7O/c1-33-10-12-34(13-11-33)16-2-5-22-23(14-16)32-26(31-22)20-4-3-17(21-15-30-27(35)24(20)21)18-6-8-28-25-19(18)7-9-29-25/h2-9,14-15H,10-13H2,1H3,(H,28,29)(H,31,32). The highest BCUT2D eigenvalue weighted by Gasteiger charge is 2.26. The van der Waals surface area contributed by atoms with Crippen LogP contribution >= 0.6 is 0 Å². The topological polar surface area (TPSA) is 93.3 Å². The van der Waals surface area contributed by atoms with Crippen LogP contribution in [0.5, 0.6) is 0 Å². The molecule has 0 atom stereocenters. The van der Waals surface area contributed by atoms with Crippen molar-refractivity contribution in [1.29, 1.82) is 0 Å². The van der Waals surface area contributed by atoms with Crippen LogP contribution < -0.4 is 4.90 Å². The Balaban J connectivity index is 1.32. The number of hydrogen-bond donors (Lipinski definition) is 2. The number of carbonyl (C=O) groups is 1. The summed E-state index contributed by atoms with van der Waals surface area (Å²) in [5, 5.41) is 1.01. The molecule has 2 aliphatic heterocycles. The second-order valence-electron chi connectivity index (χ2n) is 9.19. The van der Waals surface area contributed by atoms with E-state index in [9.17, 15) is 4.79 Å². The van der Waals surface area contributed by atoms with Crippen LogP contribution in [0.1, 0.15) is 15.9 Å². The number of aliphatic imine (C=N–C) groups is 1. The van der Waals surface area contributed by atoms with Crippen LogP contribution in [0.25, 0.3) is 44.6 Å². The molecule has 0 bridgehead atoms. The van der Waals surface area contributed by atoms with E-state index >= 15 is 0 Å². The van der Waals surface area contributed by atoms with Crippen molar-refractivity contribution in [2.45, 2.75) is 0 Å². The van der Waals surface area contributed by atoms with Crippen molar-refractivity contribution in [2.24, 2.45) is 4.99 Å². The van der Waals surface area contributed by atoms with Crippen LogP contribution in [0.15, 0.2) is 59.9 Å².